The van der Waals surface area contributed by atoms with Crippen LogP contribution in [0.3, 0.4) is 0 Å². The van der Waals surface area contributed by atoms with Crippen molar-refractivity contribution in [3.8, 4) is 0 Å². The molecule has 126 valence electrons. The summed E-state index contributed by atoms with van der Waals surface area (Å²) in [4.78, 5) is 36.6. The van der Waals surface area contributed by atoms with Crippen molar-refractivity contribution >= 4 is 15.2 Å². The maximum atomic E-state index is 11.3. The van der Waals surface area contributed by atoms with Crippen molar-refractivity contribution in [2.75, 3.05) is 0 Å². The normalized spacial score (nSPS) is 12.8. The molecule has 22 heavy (non-hydrogen) atoms. The molecule has 0 saturated carbocycles. The molecule has 0 aliphatic carbocycles. The fourth-order valence-corrected chi connectivity index (χ4v) is 4.56. The standard InChI is InChI=1S/C13H23NO6P2/c1-2-3-4-5-7-12-8-6-9-14(10-12)11-13(21(15,16)17)22(18,19)20/h6,8-10,13H,2-5,7,11H2,1H3,(H3-,15,16,17,18,19,20)/p+1. The molecule has 1 rings (SSSR count). The third kappa shape index (κ3) is 6.69. The van der Waals surface area contributed by atoms with E-state index >= 15 is 0 Å². The van der Waals surface area contributed by atoms with E-state index in [9.17, 15) is 9.13 Å². The quantitative estimate of drug-likeness (QED) is 0.306. The second kappa shape index (κ2) is 8.34. The predicted octanol–water partition coefficient (Wildman–Crippen LogP) is 1.78. The van der Waals surface area contributed by atoms with Crippen LogP contribution in [0.1, 0.15) is 38.2 Å². The first kappa shape index (κ1) is 19.5. The highest BCUT2D eigenvalue weighted by molar-refractivity contribution is 7.70. The molecule has 0 amide bonds. The van der Waals surface area contributed by atoms with Crippen LogP contribution < -0.4 is 4.57 Å². The van der Waals surface area contributed by atoms with E-state index in [1.54, 1.807) is 18.5 Å². The van der Waals surface area contributed by atoms with Crippen LogP contribution in [-0.4, -0.2) is 25.0 Å². The zero-order valence-electron chi connectivity index (χ0n) is 12.6. The molecule has 0 radical (unpaired) electrons. The van der Waals surface area contributed by atoms with Crippen molar-refractivity contribution < 1.29 is 33.3 Å². The Kier molecular flexibility index (Phi) is 7.39. The number of unbranched alkanes of at least 4 members (excludes halogenated alkanes) is 3. The molecule has 0 saturated heterocycles. The first-order valence-electron chi connectivity index (χ1n) is 7.23. The Balaban J connectivity index is 2.80. The fourth-order valence-electron chi connectivity index (χ4n) is 2.19. The highest BCUT2D eigenvalue weighted by atomic mass is 31.2. The van der Waals surface area contributed by atoms with Gasteiger partial charge in [-0.05, 0) is 18.9 Å². The molecule has 7 nitrogen and oxygen atoms in total. The van der Waals surface area contributed by atoms with Gasteiger partial charge >= 0.3 is 15.2 Å². The van der Waals surface area contributed by atoms with Gasteiger partial charge in [0.25, 0.3) is 0 Å². The summed E-state index contributed by atoms with van der Waals surface area (Å²) >= 11 is 0. The second-order valence-electron chi connectivity index (χ2n) is 5.38. The predicted molar refractivity (Wildman–Crippen MR) is 82.4 cm³/mol. The van der Waals surface area contributed by atoms with Gasteiger partial charge in [-0.15, -0.1) is 0 Å². The average Bonchev–Trinajstić information content (AvgIpc) is 2.39. The van der Waals surface area contributed by atoms with Crippen molar-refractivity contribution in [1.29, 1.82) is 0 Å². The second-order valence-corrected chi connectivity index (χ2v) is 9.39. The van der Waals surface area contributed by atoms with Gasteiger partial charge in [-0.3, -0.25) is 9.13 Å². The summed E-state index contributed by atoms with van der Waals surface area (Å²) in [6, 6.07) is 3.61. The van der Waals surface area contributed by atoms with Crippen LogP contribution in [0.4, 0.5) is 0 Å². The number of pyridine rings is 1. The third-order valence-corrected chi connectivity index (χ3v) is 7.07. The molecule has 0 aromatic carbocycles. The van der Waals surface area contributed by atoms with Gasteiger partial charge in [0, 0.05) is 11.6 Å². The van der Waals surface area contributed by atoms with Gasteiger partial charge in [0.1, 0.15) is 0 Å². The Morgan fingerprint density at radius 1 is 1.09 bits per heavy atom. The fraction of sp³-hybridized carbons (Fsp3) is 0.615. The summed E-state index contributed by atoms with van der Waals surface area (Å²) in [7, 11) is -9.78. The van der Waals surface area contributed by atoms with Gasteiger partial charge in [0.2, 0.25) is 5.40 Å². The van der Waals surface area contributed by atoms with E-state index in [-0.39, 0.29) is 0 Å². The minimum atomic E-state index is -4.89. The summed E-state index contributed by atoms with van der Waals surface area (Å²) in [5, 5.41) is -2.01. The molecule has 1 aromatic rings. The lowest BCUT2D eigenvalue weighted by atomic mass is 10.1. The van der Waals surface area contributed by atoms with Crippen molar-refractivity contribution in [2.24, 2.45) is 0 Å². The van der Waals surface area contributed by atoms with E-state index in [0.29, 0.717) is 0 Å². The van der Waals surface area contributed by atoms with Gasteiger partial charge in [-0.25, -0.2) is 4.57 Å². The Morgan fingerprint density at radius 2 is 1.73 bits per heavy atom. The van der Waals surface area contributed by atoms with Crippen molar-refractivity contribution in [2.45, 2.75) is 51.0 Å². The van der Waals surface area contributed by atoms with Gasteiger partial charge in [0.15, 0.2) is 18.9 Å². The van der Waals surface area contributed by atoms with Gasteiger partial charge < -0.3 is 19.6 Å². The summed E-state index contributed by atoms with van der Waals surface area (Å²) < 4.78 is 24.0. The number of rotatable bonds is 9. The Hall–Kier alpha value is -0.550. The Labute approximate surface area is 130 Å². The number of hydrogen-bond acceptors (Lipinski definition) is 2. The van der Waals surface area contributed by atoms with E-state index in [1.807, 2.05) is 6.07 Å². The first-order valence-corrected chi connectivity index (χ1v) is 10.6. The number of aromatic nitrogens is 1. The molecule has 1 aromatic heterocycles. The van der Waals surface area contributed by atoms with Gasteiger partial charge in [0.05, 0.1) is 0 Å². The van der Waals surface area contributed by atoms with Gasteiger partial charge in [-0.1, -0.05) is 26.2 Å². The van der Waals surface area contributed by atoms with Crippen LogP contribution >= 0.6 is 15.2 Å². The largest absolute Gasteiger partial charge is 0.347 e. The smallest absolute Gasteiger partial charge is 0.324 e. The summed E-state index contributed by atoms with van der Waals surface area (Å²) in [6.07, 6.45) is 8.49. The molecule has 4 N–H and O–H groups in total. The van der Waals surface area contributed by atoms with Crippen LogP contribution in [0.25, 0.3) is 0 Å². The lowest BCUT2D eigenvalue weighted by molar-refractivity contribution is -0.695. The minimum absolute atomic E-state index is 0.419. The zero-order chi connectivity index (χ0) is 16.8. The third-order valence-electron chi connectivity index (χ3n) is 3.39. The molecule has 1 heterocycles. The topological polar surface area (TPSA) is 119 Å². The molecular formula is C13H24NO6P2+. The maximum Gasteiger partial charge on any atom is 0.347 e. The van der Waals surface area contributed by atoms with Crippen LogP contribution in [0, 0.1) is 0 Å². The molecule has 0 aliphatic heterocycles. The maximum absolute atomic E-state index is 11.3. The van der Waals surface area contributed by atoms with Crippen LogP contribution in [0.5, 0.6) is 0 Å². The zero-order valence-corrected chi connectivity index (χ0v) is 14.4. The van der Waals surface area contributed by atoms with Crippen LogP contribution in [0.15, 0.2) is 24.5 Å². The minimum Gasteiger partial charge on any atom is -0.324 e. The SMILES string of the molecule is CCCCCCc1ccc[n+](CC(P(=O)(O)O)P(=O)(O)O)c1. The molecule has 0 aliphatic rings. The number of aryl methyl sites for hydroxylation is 1. The number of hydrogen-bond donors (Lipinski definition) is 4. The highest BCUT2D eigenvalue weighted by Crippen LogP contribution is 2.59. The van der Waals surface area contributed by atoms with Crippen LogP contribution in [-0.2, 0) is 22.1 Å². The summed E-state index contributed by atoms with van der Waals surface area (Å²) in [5.74, 6) is 0. The highest BCUT2D eigenvalue weighted by Gasteiger charge is 2.46. The Bertz CT molecular complexity index is 545. The van der Waals surface area contributed by atoms with Crippen molar-refractivity contribution in [3.63, 3.8) is 0 Å². The van der Waals surface area contributed by atoms with E-state index in [2.05, 4.69) is 6.92 Å². The first-order chi connectivity index (χ1) is 10.1. The van der Waals surface area contributed by atoms with E-state index in [4.69, 9.17) is 19.6 Å². The molecular weight excluding hydrogens is 328 g/mol. The summed E-state index contributed by atoms with van der Waals surface area (Å²) in [5.41, 5.74) is 0.980. The lowest BCUT2D eigenvalue weighted by Gasteiger charge is -2.16. The van der Waals surface area contributed by atoms with E-state index in [0.717, 1.165) is 37.7 Å². The molecule has 0 fully saturated rings. The lowest BCUT2D eigenvalue weighted by Crippen LogP contribution is -2.39. The van der Waals surface area contributed by atoms with Crippen molar-refractivity contribution in [1.82, 2.24) is 0 Å². The van der Waals surface area contributed by atoms with E-state index < -0.39 is 27.1 Å². The molecule has 0 spiro atoms. The molecule has 0 unspecified atom stereocenters. The van der Waals surface area contributed by atoms with Gasteiger partial charge in [-0.2, -0.15) is 0 Å². The molecule has 0 atom stereocenters. The summed E-state index contributed by atoms with van der Waals surface area (Å²) in [6.45, 7) is 1.71. The Morgan fingerprint density at radius 3 is 2.27 bits per heavy atom. The van der Waals surface area contributed by atoms with Crippen molar-refractivity contribution in [3.05, 3.63) is 30.1 Å². The molecule has 0 bridgehead atoms. The number of nitrogens with zero attached hydrogens (tertiary/aromatic N) is 1. The van der Waals surface area contributed by atoms with Crippen LogP contribution in [0.2, 0.25) is 0 Å². The average molecular weight is 352 g/mol. The monoisotopic (exact) mass is 352 g/mol. The molecule has 9 heteroatoms. The van der Waals surface area contributed by atoms with E-state index in [1.165, 1.54) is 4.57 Å².